The average molecular weight is 186 g/mol. The van der Waals surface area contributed by atoms with Gasteiger partial charge < -0.3 is 4.74 Å². The van der Waals surface area contributed by atoms with Gasteiger partial charge in [0.25, 0.3) is 0 Å². The second-order valence-corrected chi connectivity index (χ2v) is 3.96. The summed E-state index contributed by atoms with van der Waals surface area (Å²) in [7, 11) is 0. The van der Waals surface area contributed by atoms with Gasteiger partial charge in [0, 0.05) is 0 Å². The van der Waals surface area contributed by atoms with Crippen molar-refractivity contribution < 1.29 is 9.53 Å². The highest BCUT2D eigenvalue weighted by atomic mass is 16.5. The Kier molecular flexibility index (Phi) is 5.04. The number of hydrogen-bond acceptors (Lipinski definition) is 2. The zero-order valence-corrected chi connectivity index (χ0v) is 9.52. The first-order valence-corrected chi connectivity index (χ1v) is 5.17. The summed E-state index contributed by atoms with van der Waals surface area (Å²) in [6, 6.07) is 0. The molecule has 0 rings (SSSR count). The van der Waals surface area contributed by atoms with E-state index in [2.05, 4.69) is 13.8 Å². The third kappa shape index (κ3) is 3.02. The number of rotatable bonds is 5. The third-order valence-electron chi connectivity index (χ3n) is 2.81. The van der Waals surface area contributed by atoms with Crippen LogP contribution in [0.4, 0.5) is 0 Å². The molecule has 0 spiro atoms. The van der Waals surface area contributed by atoms with Gasteiger partial charge in [0.2, 0.25) is 0 Å². The second-order valence-electron chi connectivity index (χ2n) is 3.96. The van der Waals surface area contributed by atoms with E-state index >= 15 is 0 Å². The lowest BCUT2D eigenvalue weighted by Crippen LogP contribution is -2.34. The molecule has 0 radical (unpaired) electrons. The predicted molar refractivity (Wildman–Crippen MR) is 54.5 cm³/mol. The minimum Gasteiger partial charge on any atom is -0.466 e. The molecule has 0 aromatic carbocycles. The maximum Gasteiger partial charge on any atom is 0.311 e. The number of esters is 1. The van der Waals surface area contributed by atoms with Gasteiger partial charge in [-0.2, -0.15) is 0 Å². The van der Waals surface area contributed by atoms with Gasteiger partial charge in [0.15, 0.2) is 0 Å². The Morgan fingerprint density at radius 3 is 2.00 bits per heavy atom. The molecule has 0 heterocycles. The summed E-state index contributed by atoms with van der Waals surface area (Å²) in [5.41, 5.74) is -0.334. The molecule has 0 unspecified atom stereocenters. The van der Waals surface area contributed by atoms with Crippen molar-refractivity contribution >= 4 is 5.97 Å². The molecule has 0 aliphatic heterocycles. The Morgan fingerprint density at radius 1 is 1.23 bits per heavy atom. The zero-order chi connectivity index (χ0) is 10.5. The normalized spacial score (nSPS) is 11.8. The van der Waals surface area contributed by atoms with Gasteiger partial charge in [-0.3, -0.25) is 4.79 Å². The minimum atomic E-state index is -0.334. The SMILES string of the molecule is CCOC(=O)C(C)(C)C(CC)CC. The Bertz CT molecular complexity index is 157. The van der Waals surface area contributed by atoms with E-state index in [0.717, 1.165) is 12.8 Å². The monoisotopic (exact) mass is 186 g/mol. The Balaban J connectivity index is 4.42. The number of carbonyl (C=O) groups is 1. The topological polar surface area (TPSA) is 26.3 Å². The Labute approximate surface area is 81.7 Å². The molecular weight excluding hydrogens is 164 g/mol. The van der Waals surface area contributed by atoms with Crippen molar-refractivity contribution in [2.75, 3.05) is 6.61 Å². The molecule has 0 aromatic rings. The third-order valence-corrected chi connectivity index (χ3v) is 2.81. The number of carbonyl (C=O) groups excluding carboxylic acids is 1. The van der Waals surface area contributed by atoms with E-state index in [1.165, 1.54) is 0 Å². The quantitative estimate of drug-likeness (QED) is 0.617. The molecule has 2 heteroatoms. The van der Waals surface area contributed by atoms with Crippen LogP contribution in [-0.2, 0) is 9.53 Å². The molecule has 13 heavy (non-hydrogen) atoms. The van der Waals surface area contributed by atoms with Gasteiger partial charge in [-0.05, 0) is 26.7 Å². The lowest BCUT2D eigenvalue weighted by molar-refractivity contribution is -0.156. The van der Waals surface area contributed by atoms with Crippen molar-refractivity contribution in [1.29, 1.82) is 0 Å². The van der Waals surface area contributed by atoms with Crippen LogP contribution in [0.1, 0.15) is 47.5 Å². The van der Waals surface area contributed by atoms with Crippen molar-refractivity contribution in [1.82, 2.24) is 0 Å². The highest BCUT2D eigenvalue weighted by Gasteiger charge is 2.35. The van der Waals surface area contributed by atoms with Crippen LogP contribution in [0.2, 0.25) is 0 Å². The fourth-order valence-electron chi connectivity index (χ4n) is 1.79. The molecule has 0 atom stereocenters. The molecule has 0 saturated carbocycles. The van der Waals surface area contributed by atoms with Crippen LogP contribution in [0.25, 0.3) is 0 Å². The Morgan fingerprint density at radius 2 is 1.69 bits per heavy atom. The molecule has 0 fully saturated rings. The van der Waals surface area contributed by atoms with Gasteiger partial charge in [0.1, 0.15) is 0 Å². The average Bonchev–Trinajstić information content (AvgIpc) is 2.06. The molecule has 0 amide bonds. The van der Waals surface area contributed by atoms with Crippen molar-refractivity contribution in [2.45, 2.75) is 47.5 Å². The molecular formula is C11H22O2. The van der Waals surface area contributed by atoms with Gasteiger partial charge in [-0.1, -0.05) is 26.7 Å². The van der Waals surface area contributed by atoms with Gasteiger partial charge >= 0.3 is 5.97 Å². The summed E-state index contributed by atoms with van der Waals surface area (Å²) in [5.74, 6) is 0.357. The van der Waals surface area contributed by atoms with Crippen LogP contribution in [0.3, 0.4) is 0 Å². The van der Waals surface area contributed by atoms with Crippen molar-refractivity contribution in [3.63, 3.8) is 0 Å². The molecule has 0 saturated heterocycles. The first-order chi connectivity index (χ1) is 6.00. The van der Waals surface area contributed by atoms with E-state index in [-0.39, 0.29) is 11.4 Å². The highest BCUT2D eigenvalue weighted by Crippen LogP contribution is 2.33. The van der Waals surface area contributed by atoms with E-state index in [9.17, 15) is 4.79 Å². The van der Waals surface area contributed by atoms with E-state index in [1.54, 1.807) is 0 Å². The molecule has 0 aliphatic rings. The van der Waals surface area contributed by atoms with E-state index < -0.39 is 0 Å². The standard InChI is InChI=1S/C11H22O2/c1-6-9(7-2)11(4,5)10(12)13-8-3/h9H,6-8H2,1-5H3. The summed E-state index contributed by atoms with van der Waals surface area (Å²) in [6.45, 7) is 10.5. The van der Waals surface area contributed by atoms with Gasteiger partial charge in [-0.15, -0.1) is 0 Å². The van der Waals surface area contributed by atoms with Gasteiger partial charge in [0.05, 0.1) is 12.0 Å². The zero-order valence-electron chi connectivity index (χ0n) is 9.52. The predicted octanol–water partition coefficient (Wildman–Crippen LogP) is 3.01. The molecule has 0 aliphatic carbocycles. The van der Waals surface area contributed by atoms with Crippen molar-refractivity contribution in [3.8, 4) is 0 Å². The highest BCUT2D eigenvalue weighted by molar-refractivity contribution is 5.76. The summed E-state index contributed by atoms with van der Waals surface area (Å²) in [5, 5.41) is 0. The van der Waals surface area contributed by atoms with Crippen LogP contribution in [0.5, 0.6) is 0 Å². The lowest BCUT2D eigenvalue weighted by Gasteiger charge is -2.30. The van der Waals surface area contributed by atoms with E-state index in [0.29, 0.717) is 12.5 Å². The first kappa shape index (κ1) is 12.5. The first-order valence-electron chi connectivity index (χ1n) is 5.17. The second kappa shape index (κ2) is 5.25. The number of hydrogen-bond donors (Lipinski definition) is 0. The molecule has 78 valence electrons. The van der Waals surface area contributed by atoms with Crippen LogP contribution < -0.4 is 0 Å². The smallest absolute Gasteiger partial charge is 0.311 e. The number of ether oxygens (including phenoxy) is 1. The van der Waals surface area contributed by atoms with E-state index in [1.807, 2.05) is 20.8 Å². The van der Waals surface area contributed by atoms with Crippen LogP contribution in [-0.4, -0.2) is 12.6 Å². The minimum absolute atomic E-state index is 0.0660. The Hall–Kier alpha value is -0.530. The summed E-state index contributed by atoms with van der Waals surface area (Å²) in [6.07, 6.45) is 2.06. The summed E-state index contributed by atoms with van der Waals surface area (Å²) >= 11 is 0. The van der Waals surface area contributed by atoms with Gasteiger partial charge in [-0.25, -0.2) is 0 Å². The summed E-state index contributed by atoms with van der Waals surface area (Å²) < 4.78 is 5.05. The van der Waals surface area contributed by atoms with Crippen LogP contribution >= 0.6 is 0 Å². The largest absolute Gasteiger partial charge is 0.466 e. The van der Waals surface area contributed by atoms with E-state index in [4.69, 9.17) is 4.74 Å². The lowest BCUT2D eigenvalue weighted by atomic mass is 9.76. The maximum absolute atomic E-state index is 11.6. The maximum atomic E-state index is 11.6. The fraction of sp³-hybridized carbons (Fsp3) is 0.909. The molecule has 0 bridgehead atoms. The fourth-order valence-corrected chi connectivity index (χ4v) is 1.79. The van der Waals surface area contributed by atoms with Crippen molar-refractivity contribution in [3.05, 3.63) is 0 Å². The van der Waals surface area contributed by atoms with Crippen molar-refractivity contribution in [2.24, 2.45) is 11.3 Å². The van der Waals surface area contributed by atoms with Crippen LogP contribution in [0, 0.1) is 11.3 Å². The summed E-state index contributed by atoms with van der Waals surface area (Å²) in [4.78, 5) is 11.6. The van der Waals surface area contributed by atoms with Crippen LogP contribution in [0.15, 0.2) is 0 Å². The molecule has 0 N–H and O–H groups in total. The molecule has 2 nitrogen and oxygen atoms in total. The molecule has 0 aromatic heterocycles.